The highest BCUT2D eigenvalue weighted by Crippen LogP contribution is 2.22. The fraction of sp³-hybridized carbons (Fsp3) is 0.706. The molecule has 1 aliphatic heterocycles. The number of pyridine rings is 1. The molecule has 2 fully saturated rings. The van der Waals surface area contributed by atoms with Crippen molar-refractivity contribution >= 4 is 5.82 Å². The first-order valence-electron chi connectivity index (χ1n) is 8.21. The maximum Gasteiger partial charge on any atom is 0.128 e. The fourth-order valence-corrected chi connectivity index (χ4v) is 3.22. The number of nitrogens with zero attached hydrogens (tertiary/aromatic N) is 3. The Balaban J connectivity index is 1.62. The molecule has 0 spiro atoms. The predicted octanol–water partition coefficient (Wildman–Crippen LogP) is 2.03. The van der Waals surface area contributed by atoms with Gasteiger partial charge >= 0.3 is 0 Å². The largest absolute Gasteiger partial charge is 0.359 e. The minimum Gasteiger partial charge on any atom is -0.359 e. The molecule has 2 heterocycles. The minimum absolute atomic E-state index is 0.758. The second-order valence-electron chi connectivity index (χ2n) is 6.93. The van der Waals surface area contributed by atoms with Gasteiger partial charge in [-0.2, -0.15) is 0 Å². The predicted molar refractivity (Wildman–Crippen MR) is 87.7 cm³/mol. The number of nitrogens with one attached hydrogen (secondary N) is 1. The van der Waals surface area contributed by atoms with Gasteiger partial charge < -0.3 is 15.1 Å². The van der Waals surface area contributed by atoms with Crippen LogP contribution in [0.15, 0.2) is 12.1 Å². The van der Waals surface area contributed by atoms with Crippen molar-refractivity contribution in [1.82, 2.24) is 15.2 Å². The molecule has 4 heteroatoms. The molecule has 0 radical (unpaired) electrons. The zero-order valence-corrected chi connectivity index (χ0v) is 13.6. The van der Waals surface area contributed by atoms with Crippen molar-refractivity contribution in [2.75, 3.05) is 38.6 Å². The van der Waals surface area contributed by atoms with Crippen molar-refractivity contribution in [2.45, 2.75) is 38.8 Å². The summed E-state index contributed by atoms with van der Waals surface area (Å²) in [5, 5.41) is 3.59. The molecule has 0 bridgehead atoms. The molecule has 4 nitrogen and oxygen atoms in total. The molecule has 1 saturated carbocycles. The first-order chi connectivity index (χ1) is 10.1. The van der Waals surface area contributed by atoms with E-state index in [1.165, 1.54) is 37.9 Å². The topological polar surface area (TPSA) is 31.4 Å². The third-order valence-corrected chi connectivity index (χ3v) is 4.58. The lowest BCUT2D eigenvalue weighted by Crippen LogP contribution is -2.28. The number of aryl methyl sites for hydroxylation is 1. The van der Waals surface area contributed by atoms with Crippen LogP contribution < -0.4 is 10.2 Å². The van der Waals surface area contributed by atoms with Crippen LogP contribution in [0.3, 0.4) is 0 Å². The third kappa shape index (κ3) is 4.17. The van der Waals surface area contributed by atoms with Crippen molar-refractivity contribution in [2.24, 2.45) is 5.92 Å². The molecule has 2 aliphatic rings. The Morgan fingerprint density at radius 1 is 1.33 bits per heavy atom. The van der Waals surface area contributed by atoms with E-state index >= 15 is 0 Å². The average Bonchev–Trinajstić information content (AvgIpc) is 3.19. The van der Waals surface area contributed by atoms with Gasteiger partial charge in [0.25, 0.3) is 0 Å². The monoisotopic (exact) mass is 288 g/mol. The van der Waals surface area contributed by atoms with Crippen molar-refractivity contribution < 1.29 is 0 Å². The summed E-state index contributed by atoms with van der Waals surface area (Å²) in [6.07, 6.45) is 3.99. The van der Waals surface area contributed by atoms with E-state index in [-0.39, 0.29) is 0 Å². The summed E-state index contributed by atoms with van der Waals surface area (Å²) >= 11 is 0. The van der Waals surface area contributed by atoms with E-state index in [1.54, 1.807) is 0 Å². The molecule has 1 unspecified atom stereocenters. The normalized spacial score (nSPS) is 22.7. The van der Waals surface area contributed by atoms with E-state index in [1.807, 2.05) is 0 Å². The number of hydrogen-bond donors (Lipinski definition) is 1. The number of aromatic nitrogens is 1. The number of hydrogen-bond acceptors (Lipinski definition) is 4. The Labute approximate surface area is 128 Å². The Bertz CT molecular complexity index is 484. The Morgan fingerprint density at radius 3 is 2.81 bits per heavy atom. The van der Waals surface area contributed by atoms with E-state index < -0.39 is 0 Å². The maximum atomic E-state index is 4.72. The summed E-state index contributed by atoms with van der Waals surface area (Å²) in [5.41, 5.74) is 2.48. The summed E-state index contributed by atoms with van der Waals surface area (Å²) in [6, 6.07) is 5.21. The molecular weight excluding hydrogens is 260 g/mol. The van der Waals surface area contributed by atoms with Gasteiger partial charge in [0.2, 0.25) is 0 Å². The van der Waals surface area contributed by atoms with Gasteiger partial charge in [-0.1, -0.05) is 0 Å². The zero-order valence-electron chi connectivity index (χ0n) is 13.6. The molecule has 1 aliphatic carbocycles. The third-order valence-electron chi connectivity index (χ3n) is 4.58. The van der Waals surface area contributed by atoms with E-state index in [0.717, 1.165) is 36.6 Å². The Hall–Kier alpha value is -1.13. The van der Waals surface area contributed by atoms with E-state index in [9.17, 15) is 0 Å². The van der Waals surface area contributed by atoms with Gasteiger partial charge in [-0.25, -0.2) is 4.98 Å². The molecule has 1 atom stereocenters. The van der Waals surface area contributed by atoms with Crippen LogP contribution in [0.25, 0.3) is 0 Å². The molecule has 3 rings (SSSR count). The van der Waals surface area contributed by atoms with Gasteiger partial charge in [0.05, 0.1) is 0 Å². The van der Waals surface area contributed by atoms with Crippen LogP contribution in [0.4, 0.5) is 5.82 Å². The summed E-state index contributed by atoms with van der Waals surface area (Å²) in [5.74, 6) is 1.90. The molecule has 1 aromatic rings. The highest BCUT2D eigenvalue weighted by Gasteiger charge is 2.22. The lowest BCUT2D eigenvalue weighted by Gasteiger charge is -2.23. The van der Waals surface area contributed by atoms with Crippen molar-refractivity contribution in [1.29, 1.82) is 0 Å². The molecule has 21 heavy (non-hydrogen) atoms. The van der Waals surface area contributed by atoms with Crippen molar-refractivity contribution in [3.8, 4) is 0 Å². The second-order valence-corrected chi connectivity index (χ2v) is 6.93. The van der Waals surface area contributed by atoms with E-state index in [0.29, 0.717) is 0 Å². The van der Waals surface area contributed by atoms with Crippen LogP contribution in [0.2, 0.25) is 0 Å². The van der Waals surface area contributed by atoms with Gasteiger partial charge in [0.15, 0.2) is 0 Å². The number of rotatable bonds is 6. The van der Waals surface area contributed by atoms with Crippen molar-refractivity contribution in [3.05, 3.63) is 23.4 Å². The minimum atomic E-state index is 0.758. The smallest absolute Gasteiger partial charge is 0.128 e. The first kappa shape index (κ1) is 14.8. The Morgan fingerprint density at radius 2 is 2.14 bits per heavy atom. The maximum absolute atomic E-state index is 4.72. The van der Waals surface area contributed by atoms with Crippen LogP contribution in [0, 0.1) is 12.8 Å². The Kier molecular flexibility index (Phi) is 4.45. The van der Waals surface area contributed by atoms with Crippen LogP contribution >= 0.6 is 0 Å². The van der Waals surface area contributed by atoms with Crippen molar-refractivity contribution in [3.63, 3.8) is 0 Å². The molecule has 1 aromatic heterocycles. The summed E-state index contributed by atoms with van der Waals surface area (Å²) < 4.78 is 0. The van der Waals surface area contributed by atoms with Gasteiger partial charge in [0, 0.05) is 38.4 Å². The van der Waals surface area contributed by atoms with E-state index in [4.69, 9.17) is 4.98 Å². The highest BCUT2D eigenvalue weighted by molar-refractivity contribution is 5.42. The molecule has 1 N–H and O–H groups in total. The molecular formula is C17H28N4. The van der Waals surface area contributed by atoms with Crippen LogP contribution in [-0.4, -0.2) is 49.7 Å². The lowest BCUT2D eigenvalue weighted by molar-refractivity contribution is 0.395. The van der Waals surface area contributed by atoms with Gasteiger partial charge in [0.1, 0.15) is 5.82 Å². The standard InChI is InChI=1S/C17H28N4/c1-13-8-15(10-18-16-4-5-16)9-17(19-13)21(3)12-14-6-7-20(2)11-14/h8-9,14,16,18H,4-7,10-12H2,1-3H3. The zero-order chi connectivity index (χ0) is 14.8. The number of anilines is 1. The summed E-state index contributed by atoms with van der Waals surface area (Å²) in [7, 11) is 4.39. The summed E-state index contributed by atoms with van der Waals surface area (Å²) in [6.45, 7) is 6.63. The molecule has 0 amide bonds. The van der Waals surface area contributed by atoms with Gasteiger partial charge in [-0.15, -0.1) is 0 Å². The number of likely N-dealkylation sites (tertiary alicyclic amines) is 1. The second kappa shape index (κ2) is 6.32. The fourth-order valence-electron chi connectivity index (χ4n) is 3.22. The lowest BCUT2D eigenvalue weighted by atomic mass is 10.1. The molecule has 0 aromatic carbocycles. The molecule has 116 valence electrons. The summed E-state index contributed by atoms with van der Waals surface area (Å²) in [4.78, 5) is 9.48. The SMILES string of the molecule is Cc1cc(CNC2CC2)cc(N(C)CC2CCN(C)C2)n1. The van der Waals surface area contributed by atoms with Crippen LogP contribution in [-0.2, 0) is 6.54 Å². The van der Waals surface area contributed by atoms with Crippen LogP contribution in [0.1, 0.15) is 30.5 Å². The molecule has 1 saturated heterocycles. The van der Waals surface area contributed by atoms with Gasteiger partial charge in [-0.05, 0) is 63.4 Å². The average molecular weight is 288 g/mol. The first-order valence-corrected chi connectivity index (χ1v) is 8.21. The van der Waals surface area contributed by atoms with Crippen LogP contribution in [0.5, 0.6) is 0 Å². The van der Waals surface area contributed by atoms with Gasteiger partial charge in [-0.3, -0.25) is 0 Å². The highest BCUT2D eigenvalue weighted by atomic mass is 15.2. The van der Waals surface area contributed by atoms with E-state index in [2.05, 4.69) is 48.3 Å². The quantitative estimate of drug-likeness (QED) is 0.868.